The number of nitrogens with one attached hydrogen (secondary N) is 2. The lowest BCUT2D eigenvalue weighted by atomic mass is 10.1. The number of nitrogens with zero attached hydrogens (tertiary/aromatic N) is 10. The maximum Gasteiger partial charge on any atom is 0.490 e. The summed E-state index contributed by atoms with van der Waals surface area (Å²) in [6.45, 7) is -7.98. The molecule has 0 saturated carbocycles. The summed E-state index contributed by atoms with van der Waals surface area (Å²) in [4.78, 5) is 96.7. The third kappa shape index (κ3) is 11.1. The number of ether oxygens (including phenoxy) is 5. The summed E-state index contributed by atoms with van der Waals surface area (Å²) in [6.07, 6.45) is -13.7. The van der Waals surface area contributed by atoms with E-state index in [0.717, 1.165) is 36.0 Å². The van der Waals surface area contributed by atoms with Crippen LogP contribution in [0.2, 0.25) is 0 Å². The number of nitrogens with two attached hydrogens (primary N) is 3. The number of hydrogen-bond donors (Lipinski definition) is 13. The van der Waals surface area contributed by atoms with Crippen LogP contribution in [0.15, 0.2) is 34.9 Å². The van der Waals surface area contributed by atoms with E-state index in [4.69, 9.17) is 70.8 Å². The fourth-order valence-electron chi connectivity index (χ4n) is 8.52. The van der Waals surface area contributed by atoms with Crippen molar-refractivity contribution >= 4 is 93.2 Å². The molecule has 9 heterocycles. The molecule has 3 fully saturated rings. The normalized spacial score (nSPS) is 31.0. The van der Waals surface area contributed by atoms with Crippen molar-refractivity contribution in [3.63, 3.8) is 0 Å². The van der Waals surface area contributed by atoms with E-state index in [1.54, 1.807) is 0 Å². The lowest BCUT2D eigenvalue weighted by Gasteiger charge is -2.30. The Kier molecular flexibility index (Phi) is 15.6. The molecule has 422 valence electrons. The molecule has 16 N–H and O–H groups in total. The molecule has 16 unspecified atom stereocenters. The fourth-order valence-corrected chi connectivity index (χ4v) is 13.5. The van der Waals surface area contributed by atoms with Gasteiger partial charge in [0.1, 0.15) is 61.2 Å². The quantitative estimate of drug-likeness (QED) is 0.0253. The Balaban J connectivity index is 0.876. The van der Waals surface area contributed by atoms with Crippen molar-refractivity contribution in [3.05, 3.63) is 46.0 Å². The first-order valence-corrected chi connectivity index (χ1v) is 28.7. The number of aliphatic hydroxyl groups is 4. The van der Waals surface area contributed by atoms with Gasteiger partial charge in [-0.15, -0.1) is 0 Å². The molecule has 6 aromatic heterocycles. The number of aliphatic hydroxyl groups excluding tert-OH is 4. The number of aromatic nitrogens is 12. The highest BCUT2D eigenvalue weighted by Crippen LogP contribution is 2.68. The first kappa shape index (κ1) is 56.9. The van der Waals surface area contributed by atoms with Crippen LogP contribution in [-0.2, 0) is 83.0 Å². The zero-order chi connectivity index (χ0) is 55.9. The van der Waals surface area contributed by atoms with Gasteiger partial charge in [0.25, 0.3) is 16.7 Å². The zero-order valence-electron chi connectivity index (χ0n) is 39.3. The van der Waals surface area contributed by atoms with E-state index < -0.39 is 134 Å². The minimum atomic E-state index is -6.24. The highest BCUT2D eigenvalue weighted by atomic mass is 32.5. The Morgan fingerprint density at radius 3 is 2.01 bits per heavy atom. The minimum absolute atomic E-state index is 0.0502. The van der Waals surface area contributed by atoms with Crippen molar-refractivity contribution in [1.82, 2.24) is 53.6 Å². The molecule has 0 bridgehead atoms. The van der Waals surface area contributed by atoms with Crippen molar-refractivity contribution in [1.29, 1.82) is 0 Å². The molecule has 3 aliphatic rings. The number of fused-ring (bicyclic) bond motifs is 3. The average molecular weight is 1190 g/mol. The second-order valence-corrected chi connectivity index (χ2v) is 24.3. The minimum Gasteiger partial charge on any atom is -0.387 e. The standard InChI is InChI=1S/C33H45N15O24P4S/c1-45-10-48(25-15(45)27(54)44-32(36)42-25)29-18(51)21(52)33(63-3,69-29)6-66-74(57,58)72-75(59,60)71-73(55,56)64-5-12-19(20(62-2)30(68-12)46-8-39-13-22(34)37-7-38-23(13)46)70-76(61,77)65-4-11-16(49)17(50)28(67-11)47-9-40-14-24(47)41-31(35)43-26(14)53/h7-12,16-21,28-30,49-52H,4-6H2,1-3H3,(H11-,34,35,36,37,38,41,42,43,44,53,54,55,56,57,58,59,60,61,77)/p+1. The lowest BCUT2D eigenvalue weighted by Crippen LogP contribution is -2.48. The van der Waals surface area contributed by atoms with Gasteiger partial charge in [0, 0.05) is 14.2 Å². The second-order valence-electron chi connectivity index (χ2n) is 16.9. The number of aryl methyl sites for hydroxylation is 1. The molecular weight excluding hydrogens is 1150 g/mol. The van der Waals surface area contributed by atoms with Gasteiger partial charge in [-0.2, -0.15) is 23.2 Å². The van der Waals surface area contributed by atoms with E-state index in [-0.39, 0.29) is 51.2 Å². The van der Waals surface area contributed by atoms with E-state index in [2.05, 4.69) is 48.5 Å². The Morgan fingerprint density at radius 2 is 1.34 bits per heavy atom. The van der Waals surface area contributed by atoms with Crippen LogP contribution < -0.4 is 32.9 Å². The smallest absolute Gasteiger partial charge is 0.387 e. The van der Waals surface area contributed by atoms with E-state index >= 15 is 0 Å². The molecule has 0 radical (unpaired) electrons. The summed E-state index contributed by atoms with van der Waals surface area (Å²) in [6, 6.07) is 0. The monoisotopic (exact) mass is 1190 g/mol. The maximum atomic E-state index is 13.3. The van der Waals surface area contributed by atoms with Crippen LogP contribution in [0.5, 0.6) is 0 Å². The van der Waals surface area contributed by atoms with Gasteiger partial charge in [-0.3, -0.25) is 47.0 Å². The number of nitrogen functional groups attached to an aromatic ring is 3. The Bertz CT molecular complexity index is 3550. The summed E-state index contributed by atoms with van der Waals surface area (Å²) in [7, 11) is -14.7. The topological polar surface area (TPSA) is 554 Å². The number of hydrogen-bond acceptors (Lipinski definition) is 30. The van der Waals surface area contributed by atoms with Gasteiger partial charge in [-0.25, -0.2) is 38.2 Å². The van der Waals surface area contributed by atoms with Crippen molar-refractivity contribution in [2.75, 3.05) is 51.2 Å². The number of H-pyrrole nitrogens is 2. The number of phosphoric acid groups is 3. The van der Waals surface area contributed by atoms with Crippen molar-refractivity contribution < 1.29 is 109 Å². The Morgan fingerprint density at radius 1 is 0.727 bits per heavy atom. The molecule has 9 rings (SSSR count). The van der Waals surface area contributed by atoms with Gasteiger partial charge in [-0.1, -0.05) is 0 Å². The van der Waals surface area contributed by atoms with Crippen LogP contribution in [0.4, 0.5) is 17.7 Å². The summed E-state index contributed by atoms with van der Waals surface area (Å²) < 4.78 is 102. The Labute approximate surface area is 432 Å². The van der Waals surface area contributed by atoms with E-state index in [1.165, 1.54) is 28.8 Å². The van der Waals surface area contributed by atoms with Gasteiger partial charge in [0.05, 0.1) is 32.9 Å². The first-order chi connectivity index (χ1) is 36.1. The third-order valence-electron chi connectivity index (χ3n) is 12.0. The van der Waals surface area contributed by atoms with Crippen molar-refractivity contribution in [3.8, 4) is 0 Å². The number of methoxy groups -OCH3 is 2. The average Bonchev–Trinajstić information content (AvgIpc) is 4.23. The van der Waals surface area contributed by atoms with Gasteiger partial charge in [0.15, 0.2) is 41.2 Å². The van der Waals surface area contributed by atoms with Crippen LogP contribution in [0, 0.1) is 0 Å². The summed E-state index contributed by atoms with van der Waals surface area (Å²) >= 11 is 5.29. The second kappa shape index (κ2) is 21.0. The van der Waals surface area contributed by atoms with E-state index in [9.17, 15) is 63.3 Å². The predicted octanol–water partition coefficient (Wildman–Crippen LogP) is -4.62. The van der Waals surface area contributed by atoms with Gasteiger partial charge in [-0.05, 0) is 11.8 Å². The number of anilines is 3. The van der Waals surface area contributed by atoms with Crippen LogP contribution >= 0.6 is 30.2 Å². The molecule has 16 atom stereocenters. The largest absolute Gasteiger partial charge is 0.490 e. The molecule has 39 nitrogen and oxygen atoms in total. The number of phosphoric ester groups is 2. The molecule has 0 aromatic carbocycles. The molecule has 6 aromatic rings. The number of rotatable bonds is 20. The fraction of sp³-hybridized carbons (Fsp3) is 0.545. The van der Waals surface area contributed by atoms with Crippen molar-refractivity contribution in [2.24, 2.45) is 7.05 Å². The van der Waals surface area contributed by atoms with Gasteiger partial charge >= 0.3 is 35.7 Å². The van der Waals surface area contributed by atoms with Crippen LogP contribution in [0.3, 0.4) is 0 Å². The SMILES string of the molecule is COC1C(OP(O)(=S)OCC2OC(n3cnc4c(=O)[nH]c(N)nc43)C(O)C2O)C(COP(=O)(O)OP(=O)(O)OP(=O)(O)OCC2(OC)OC(n3c[n+](C)c4c(=O)[nH]c(N)nc43)C(O)C2O)OC1n1cnc2c(N)ncnc21. The molecule has 0 spiro atoms. The van der Waals surface area contributed by atoms with E-state index in [0.29, 0.717) is 0 Å². The molecule has 0 aliphatic carbocycles. The van der Waals surface area contributed by atoms with Crippen LogP contribution in [0.25, 0.3) is 33.5 Å². The van der Waals surface area contributed by atoms with Gasteiger partial charge in [0.2, 0.25) is 30.2 Å². The highest BCUT2D eigenvalue weighted by Gasteiger charge is 2.60. The first-order valence-electron chi connectivity index (χ1n) is 21.6. The Hall–Kier alpha value is -4.77. The molecular formula is C33H46N15O24P4S+. The summed E-state index contributed by atoms with van der Waals surface area (Å²) in [5.74, 6) is -3.26. The third-order valence-corrected chi connectivity index (χ3v) is 17.8. The molecule has 77 heavy (non-hydrogen) atoms. The predicted molar refractivity (Wildman–Crippen MR) is 252 cm³/mol. The highest BCUT2D eigenvalue weighted by molar-refractivity contribution is 8.07. The maximum absolute atomic E-state index is 13.3. The molecule has 0 amide bonds. The molecule has 44 heteroatoms. The van der Waals surface area contributed by atoms with Gasteiger partial charge < -0.3 is 80.7 Å². The van der Waals surface area contributed by atoms with Crippen molar-refractivity contribution in [2.45, 2.75) is 73.3 Å². The lowest BCUT2D eigenvalue weighted by molar-refractivity contribution is -0.646. The summed E-state index contributed by atoms with van der Waals surface area (Å²) in [5, 5.41) is 43.9. The zero-order valence-corrected chi connectivity index (χ0v) is 43.7. The van der Waals surface area contributed by atoms with E-state index in [1.807, 2.05) is 0 Å². The summed E-state index contributed by atoms with van der Waals surface area (Å²) in [5.41, 5.74) is 15.6. The number of aromatic amines is 2. The molecule has 3 aliphatic heterocycles. The molecule has 3 saturated heterocycles. The van der Waals surface area contributed by atoms with Crippen LogP contribution in [-0.4, -0.2) is 182 Å². The van der Waals surface area contributed by atoms with Crippen LogP contribution in [0.1, 0.15) is 18.7 Å². The number of imidazole rings is 3.